The van der Waals surface area contributed by atoms with Crippen LogP contribution in [-0.4, -0.2) is 9.91 Å². The molecular weight excluding hydrogens is 333 g/mol. The van der Waals surface area contributed by atoms with Gasteiger partial charge in [-0.05, 0) is 35.9 Å². The number of nitro benzene ring substituents is 1. The smallest absolute Gasteiger partial charge is 0.258 e. The molecule has 0 spiro atoms. The molecule has 0 bridgehead atoms. The highest BCUT2D eigenvalue weighted by atomic mass is 19.4. The molecule has 2 aromatic carbocycles. The van der Waals surface area contributed by atoms with E-state index in [4.69, 9.17) is 0 Å². The summed E-state index contributed by atoms with van der Waals surface area (Å²) in [6, 6.07) is 12.8. The van der Waals surface area contributed by atoms with Gasteiger partial charge in [0.05, 0.1) is 27.1 Å². The number of aromatic nitrogens is 1. The second-order valence-electron chi connectivity index (χ2n) is 5.26. The SMILES string of the molecule is O=[N+]([O-])c1cccc2nc(C=Cc3ccccc3C(F)(F)F)ccc12. The molecule has 0 aliphatic rings. The molecule has 0 saturated heterocycles. The van der Waals surface area contributed by atoms with Crippen molar-refractivity contribution in [3.63, 3.8) is 0 Å². The van der Waals surface area contributed by atoms with Crippen molar-refractivity contribution in [3.8, 4) is 0 Å². The summed E-state index contributed by atoms with van der Waals surface area (Å²) in [5, 5.41) is 11.4. The number of fused-ring (bicyclic) bond motifs is 1. The molecule has 0 unspecified atom stereocenters. The molecule has 0 N–H and O–H groups in total. The Kier molecular flexibility index (Phi) is 4.22. The van der Waals surface area contributed by atoms with Crippen molar-refractivity contribution in [2.75, 3.05) is 0 Å². The van der Waals surface area contributed by atoms with Gasteiger partial charge < -0.3 is 0 Å². The zero-order chi connectivity index (χ0) is 18.0. The van der Waals surface area contributed by atoms with E-state index in [1.54, 1.807) is 6.07 Å². The van der Waals surface area contributed by atoms with Gasteiger partial charge in [0.15, 0.2) is 0 Å². The molecule has 0 radical (unpaired) electrons. The summed E-state index contributed by atoms with van der Waals surface area (Å²) in [5.41, 5.74) is 0.0343. The highest BCUT2D eigenvalue weighted by molar-refractivity contribution is 5.89. The van der Waals surface area contributed by atoms with Crippen LogP contribution in [0.5, 0.6) is 0 Å². The van der Waals surface area contributed by atoms with E-state index in [2.05, 4.69) is 4.98 Å². The Balaban J connectivity index is 2.00. The monoisotopic (exact) mass is 344 g/mol. The molecule has 126 valence electrons. The summed E-state index contributed by atoms with van der Waals surface area (Å²) >= 11 is 0. The predicted molar refractivity (Wildman–Crippen MR) is 88.8 cm³/mol. The lowest BCUT2D eigenvalue weighted by atomic mass is 10.1. The summed E-state index contributed by atoms with van der Waals surface area (Å²) in [5.74, 6) is 0. The van der Waals surface area contributed by atoms with Crippen LogP contribution in [0.3, 0.4) is 0 Å². The third-order valence-corrected chi connectivity index (χ3v) is 3.63. The van der Waals surface area contributed by atoms with Crippen LogP contribution in [0.4, 0.5) is 18.9 Å². The van der Waals surface area contributed by atoms with E-state index in [9.17, 15) is 23.3 Å². The summed E-state index contributed by atoms with van der Waals surface area (Å²) in [7, 11) is 0. The van der Waals surface area contributed by atoms with Gasteiger partial charge in [0.2, 0.25) is 0 Å². The quantitative estimate of drug-likeness (QED) is 0.476. The molecule has 0 fully saturated rings. The molecular formula is C18H11F3N2O2. The van der Waals surface area contributed by atoms with Gasteiger partial charge in [-0.1, -0.05) is 30.3 Å². The second kappa shape index (κ2) is 6.35. The van der Waals surface area contributed by atoms with E-state index in [1.165, 1.54) is 54.6 Å². The Labute approximate surface area is 140 Å². The van der Waals surface area contributed by atoms with Crippen molar-refractivity contribution in [3.05, 3.63) is 81.5 Å². The summed E-state index contributed by atoms with van der Waals surface area (Å²) in [6.07, 6.45) is -1.67. The number of non-ortho nitro benzene ring substituents is 1. The van der Waals surface area contributed by atoms with Gasteiger partial charge in [-0.2, -0.15) is 13.2 Å². The van der Waals surface area contributed by atoms with Gasteiger partial charge in [0.1, 0.15) is 0 Å². The molecule has 3 aromatic rings. The minimum absolute atomic E-state index is 0.0240. The maximum Gasteiger partial charge on any atom is 0.416 e. The Morgan fingerprint density at radius 1 is 0.960 bits per heavy atom. The Morgan fingerprint density at radius 2 is 1.72 bits per heavy atom. The van der Waals surface area contributed by atoms with Crippen LogP contribution < -0.4 is 0 Å². The third kappa shape index (κ3) is 3.50. The van der Waals surface area contributed by atoms with Crippen molar-refractivity contribution < 1.29 is 18.1 Å². The van der Waals surface area contributed by atoms with Crippen molar-refractivity contribution in [2.45, 2.75) is 6.18 Å². The standard InChI is InChI=1S/C18H11F3N2O2/c19-18(20,21)15-5-2-1-4-12(15)8-9-13-10-11-14-16(22-13)6-3-7-17(14)23(24)25/h1-11H. The van der Waals surface area contributed by atoms with E-state index in [-0.39, 0.29) is 11.3 Å². The van der Waals surface area contributed by atoms with E-state index < -0.39 is 16.7 Å². The lowest BCUT2D eigenvalue weighted by molar-refractivity contribution is -0.383. The highest BCUT2D eigenvalue weighted by Gasteiger charge is 2.32. The van der Waals surface area contributed by atoms with Gasteiger partial charge in [-0.15, -0.1) is 0 Å². The van der Waals surface area contributed by atoms with Crippen molar-refractivity contribution in [2.24, 2.45) is 0 Å². The Morgan fingerprint density at radius 3 is 2.44 bits per heavy atom. The molecule has 25 heavy (non-hydrogen) atoms. The molecule has 0 atom stereocenters. The van der Waals surface area contributed by atoms with Crippen LogP contribution in [0, 0.1) is 10.1 Å². The van der Waals surface area contributed by atoms with Crippen molar-refractivity contribution >= 4 is 28.7 Å². The fraction of sp³-hybridized carbons (Fsp3) is 0.0556. The van der Waals surface area contributed by atoms with E-state index in [0.717, 1.165) is 6.07 Å². The van der Waals surface area contributed by atoms with Crippen LogP contribution in [0.25, 0.3) is 23.1 Å². The van der Waals surface area contributed by atoms with Crippen LogP contribution in [0.15, 0.2) is 54.6 Å². The number of nitrogens with zero attached hydrogens (tertiary/aromatic N) is 2. The lowest BCUT2D eigenvalue weighted by Crippen LogP contribution is -2.06. The van der Waals surface area contributed by atoms with E-state index >= 15 is 0 Å². The van der Waals surface area contributed by atoms with Gasteiger partial charge in [-0.3, -0.25) is 10.1 Å². The first-order valence-corrected chi connectivity index (χ1v) is 7.25. The summed E-state index contributed by atoms with van der Waals surface area (Å²) < 4.78 is 39.0. The average Bonchev–Trinajstić information content (AvgIpc) is 2.58. The normalized spacial score (nSPS) is 12.0. The topological polar surface area (TPSA) is 56.0 Å². The van der Waals surface area contributed by atoms with Gasteiger partial charge >= 0.3 is 6.18 Å². The molecule has 0 saturated carbocycles. The molecule has 1 heterocycles. The maximum absolute atomic E-state index is 13.0. The van der Waals surface area contributed by atoms with Crippen LogP contribution in [0.1, 0.15) is 16.8 Å². The van der Waals surface area contributed by atoms with Gasteiger partial charge in [0, 0.05) is 6.07 Å². The summed E-state index contributed by atoms with van der Waals surface area (Å²) in [4.78, 5) is 14.8. The molecule has 1 aromatic heterocycles. The number of pyridine rings is 1. The van der Waals surface area contributed by atoms with Gasteiger partial charge in [-0.25, -0.2) is 4.98 Å². The zero-order valence-electron chi connectivity index (χ0n) is 12.7. The van der Waals surface area contributed by atoms with Crippen molar-refractivity contribution in [1.29, 1.82) is 0 Å². The third-order valence-electron chi connectivity index (χ3n) is 3.63. The number of hydrogen-bond acceptors (Lipinski definition) is 3. The summed E-state index contributed by atoms with van der Waals surface area (Å²) in [6.45, 7) is 0. The number of alkyl halides is 3. The highest BCUT2D eigenvalue weighted by Crippen LogP contribution is 2.32. The average molecular weight is 344 g/mol. The molecule has 0 aliphatic carbocycles. The second-order valence-corrected chi connectivity index (χ2v) is 5.26. The number of nitro groups is 1. The number of hydrogen-bond donors (Lipinski definition) is 0. The first-order chi connectivity index (χ1) is 11.9. The van der Waals surface area contributed by atoms with Crippen LogP contribution >= 0.6 is 0 Å². The molecule has 7 heteroatoms. The maximum atomic E-state index is 13.0. The molecule has 3 rings (SSSR count). The van der Waals surface area contributed by atoms with Crippen LogP contribution in [-0.2, 0) is 6.18 Å². The first-order valence-electron chi connectivity index (χ1n) is 7.25. The molecule has 0 aliphatic heterocycles. The number of rotatable bonds is 3. The minimum Gasteiger partial charge on any atom is -0.258 e. The van der Waals surface area contributed by atoms with Crippen LogP contribution in [0.2, 0.25) is 0 Å². The van der Waals surface area contributed by atoms with Crippen molar-refractivity contribution in [1.82, 2.24) is 4.98 Å². The van der Waals surface area contributed by atoms with E-state index in [0.29, 0.717) is 16.6 Å². The molecule has 4 nitrogen and oxygen atoms in total. The first kappa shape index (κ1) is 16.6. The fourth-order valence-corrected chi connectivity index (χ4v) is 2.48. The fourth-order valence-electron chi connectivity index (χ4n) is 2.48. The largest absolute Gasteiger partial charge is 0.416 e. The lowest BCUT2D eigenvalue weighted by Gasteiger charge is -2.09. The number of benzene rings is 2. The predicted octanol–water partition coefficient (Wildman–Crippen LogP) is 5.33. The Bertz CT molecular complexity index is 981. The zero-order valence-corrected chi connectivity index (χ0v) is 12.7. The number of halogens is 3. The molecule has 0 amide bonds. The van der Waals surface area contributed by atoms with Gasteiger partial charge in [0.25, 0.3) is 5.69 Å². The minimum atomic E-state index is -4.45. The Hall–Kier alpha value is -3.22. The van der Waals surface area contributed by atoms with E-state index in [1.807, 2.05) is 0 Å².